The van der Waals surface area contributed by atoms with Gasteiger partial charge in [0.25, 0.3) is 0 Å². The average Bonchev–Trinajstić information content (AvgIpc) is 2.29. The number of thioether (sulfide) groups is 1. The van der Waals surface area contributed by atoms with Crippen LogP contribution >= 0.6 is 27.7 Å². The van der Waals surface area contributed by atoms with Gasteiger partial charge in [0.15, 0.2) is 0 Å². The second-order valence-electron chi connectivity index (χ2n) is 3.35. The van der Waals surface area contributed by atoms with Crippen molar-refractivity contribution in [2.24, 2.45) is 0 Å². The van der Waals surface area contributed by atoms with Gasteiger partial charge in [-0.1, -0.05) is 28.1 Å². The zero-order chi connectivity index (χ0) is 13.8. The number of rotatable bonds is 5. The van der Waals surface area contributed by atoms with Crippen molar-refractivity contribution in [1.29, 1.82) is 0 Å². The predicted molar refractivity (Wildman–Crippen MR) is 67.4 cm³/mol. The third kappa shape index (κ3) is 4.53. The average molecular weight is 343 g/mol. The molecule has 0 amide bonds. The summed E-state index contributed by atoms with van der Waals surface area (Å²) in [6, 6.07) is 4.58. The maximum Gasteiger partial charge on any atom is 0.573 e. The fourth-order valence-electron chi connectivity index (χ4n) is 1.35. The van der Waals surface area contributed by atoms with Crippen LogP contribution in [0.5, 0.6) is 5.75 Å². The number of hydrogen-bond donors (Lipinski definition) is 0. The molecule has 100 valence electrons. The molecule has 18 heavy (non-hydrogen) atoms. The molecule has 0 spiro atoms. The lowest BCUT2D eigenvalue weighted by Gasteiger charge is -2.15. The zero-order valence-electron chi connectivity index (χ0n) is 9.38. The SMILES string of the molecule is CSc1cccc(CC(=O)CBr)c1OC(F)(F)F. The molecule has 0 aliphatic heterocycles. The number of Topliss-reactive ketones (excluding diaryl/α,β-unsaturated/α-hetero) is 1. The standard InChI is InChI=1S/C11H10BrF3O2S/c1-18-9-4-2-3-7(5-8(16)6-12)10(9)17-11(13,14)15/h2-4H,5-6H2,1H3. The highest BCUT2D eigenvalue weighted by Gasteiger charge is 2.33. The van der Waals surface area contributed by atoms with E-state index in [1.807, 2.05) is 0 Å². The third-order valence-electron chi connectivity index (χ3n) is 2.03. The van der Waals surface area contributed by atoms with Crippen LogP contribution in [0.1, 0.15) is 5.56 Å². The van der Waals surface area contributed by atoms with Crippen LogP contribution < -0.4 is 4.74 Å². The summed E-state index contributed by atoms with van der Waals surface area (Å²) in [6.07, 6.45) is -3.21. The molecule has 1 aromatic carbocycles. The van der Waals surface area contributed by atoms with E-state index < -0.39 is 6.36 Å². The van der Waals surface area contributed by atoms with E-state index in [0.29, 0.717) is 4.90 Å². The first-order valence-electron chi connectivity index (χ1n) is 4.86. The first kappa shape index (κ1) is 15.4. The summed E-state index contributed by atoms with van der Waals surface area (Å²) in [4.78, 5) is 11.7. The maximum atomic E-state index is 12.3. The lowest BCUT2D eigenvalue weighted by molar-refractivity contribution is -0.275. The number of carbonyl (C=O) groups is 1. The van der Waals surface area contributed by atoms with Crippen molar-refractivity contribution >= 4 is 33.5 Å². The Balaban J connectivity index is 3.12. The van der Waals surface area contributed by atoms with Crippen LogP contribution in [-0.2, 0) is 11.2 Å². The molecule has 0 fully saturated rings. The van der Waals surface area contributed by atoms with Gasteiger partial charge in [-0.3, -0.25) is 4.79 Å². The number of carbonyl (C=O) groups excluding carboxylic acids is 1. The van der Waals surface area contributed by atoms with Crippen LogP contribution in [0.4, 0.5) is 13.2 Å². The van der Waals surface area contributed by atoms with Gasteiger partial charge in [0.1, 0.15) is 11.5 Å². The monoisotopic (exact) mass is 342 g/mol. The van der Waals surface area contributed by atoms with E-state index in [1.165, 1.54) is 12.1 Å². The van der Waals surface area contributed by atoms with Crippen molar-refractivity contribution in [3.8, 4) is 5.75 Å². The van der Waals surface area contributed by atoms with Crippen LogP contribution in [0, 0.1) is 0 Å². The fraction of sp³-hybridized carbons (Fsp3) is 0.364. The van der Waals surface area contributed by atoms with E-state index in [-0.39, 0.29) is 28.8 Å². The minimum atomic E-state index is -4.77. The van der Waals surface area contributed by atoms with E-state index in [9.17, 15) is 18.0 Å². The van der Waals surface area contributed by atoms with Crippen molar-refractivity contribution in [2.45, 2.75) is 17.7 Å². The van der Waals surface area contributed by atoms with Crippen LogP contribution in [0.25, 0.3) is 0 Å². The highest BCUT2D eigenvalue weighted by molar-refractivity contribution is 9.09. The lowest BCUT2D eigenvalue weighted by Crippen LogP contribution is -2.19. The van der Waals surface area contributed by atoms with E-state index in [2.05, 4.69) is 20.7 Å². The van der Waals surface area contributed by atoms with Crippen LogP contribution in [0.15, 0.2) is 23.1 Å². The number of hydrogen-bond acceptors (Lipinski definition) is 3. The van der Waals surface area contributed by atoms with Crippen LogP contribution in [-0.4, -0.2) is 23.7 Å². The van der Waals surface area contributed by atoms with Gasteiger partial charge < -0.3 is 4.74 Å². The molecule has 7 heteroatoms. The van der Waals surface area contributed by atoms with Gasteiger partial charge in [-0.15, -0.1) is 24.9 Å². The van der Waals surface area contributed by atoms with Gasteiger partial charge in [-0.25, -0.2) is 0 Å². The Morgan fingerprint density at radius 2 is 2.11 bits per heavy atom. The predicted octanol–water partition coefficient (Wildman–Crippen LogP) is 3.81. The van der Waals surface area contributed by atoms with Gasteiger partial charge in [0.05, 0.1) is 5.33 Å². The molecule has 0 N–H and O–H groups in total. The smallest absolute Gasteiger partial charge is 0.404 e. The quantitative estimate of drug-likeness (QED) is 0.601. The molecule has 0 saturated heterocycles. The Bertz CT molecular complexity index is 435. The fourth-order valence-corrected chi connectivity index (χ4v) is 2.12. The van der Waals surface area contributed by atoms with E-state index in [1.54, 1.807) is 12.3 Å². The number of ether oxygens (including phenoxy) is 1. The molecule has 1 aromatic rings. The zero-order valence-corrected chi connectivity index (χ0v) is 11.8. The number of ketones is 1. The lowest BCUT2D eigenvalue weighted by atomic mass is 10.1. The summed E-state index contributed by atoms with van der Waals surface area (Å²) in [5, 5.41) is 0.0992. The normalized spacial score (nSPS) is 11.4. The molecule has 0 atom stereocenters. The number of halogens is 4. The summed E-state index contributed by atoms with van der Waals surface area (Å²) >= 11 is 4.11. The Kier molecular flexibility index (Phi) is 5.52. The third-order valence-corrected chi connectivity index (χ3v) is 3.42. The second kappa shape index (κ2) is 6.47. The first-order valence-corrected chi connectivity index (χ1v) is 7.21. The Morgan fingerprint density at radius 1 is 1.44 bits per heavy atom. The summed E-state index contributed by atoms with van der Waals surface area (Å²) < 4.78 is 41.0. The summed E-state index contributed by atoms with van der Waals surface area (Å²) in [7, 11) is 0. The molecular formula is C11H10BrF3O2S. The largest absolute Gasteiger partial charge is 0.573 e. The molecule has 0 aromatic heterocycles. The highest BCUT2D eigenvalue weighted by atomic mass is 79.9. The second-order valence-corrected chi connectivity index (χ2v) is 4.75. The molecule has 1 rings (SSSR count). The van der Waals surface area contributed by atoms with Crippen molar-refractivity contribution < 1.29 is 22.7 Å². The molecule has 0 bridgehead atoms. The molecule has 0 unspecified atom stereocenters. The van der Waals surface area contributed by atoms with Gasteiger partial charge in [-0.2, -0.15) is 0 Å². The van der Waals surface area contributed by atoms with E-state index in [0.717, 1.165) is 11.8 Å². The highest BCUT2D eigenvalue weighted by Crippen LogP contribution is 2.35. The van der Waals surface area contributed by atoms with Crippen molar-refractivity contribution in [3.63, 3.8) is 0 Å². The Hall–Kier alpha value is -0.690. The van der Waals surface area contributed by atoms with E-state index >= 15 is 0 Å². The molecule has 0 heterocycles. The molecule has 0 aliphatic rings. The summed E-state index contributed by atoms with van der Waals surface area (Å²) in [6.45, 7) is 0. The van der Waals surface area contributed by atoms with Gasteiger partial charge in [-0.05, 0) is 12.3 Å². The van der Waals surface area contributed by atoms with Crippen molar-refractivity contribution in [1.82, 2.24) is 0 Å². The molecule has 0 radical (unpaired) electrons. The van der Waals surface area contributed by atoms with Gasteiger partial charge >= 0.3 is 6.36 Å². The maximum absolute atomic E-state index is 12.3. The number of para-hydroxylation sites is 1. The molecule has 0 saturated carbocycles. The molecule has 2 nitrogen and oxygen atoms in total. The minimum absolute atomic E-state index is 0.0922. The minimum Gasteiger partial charge on any atom is -0.404 e. The van der Waals surface area contributed by atoms with Gasteiger partial charge in [0.2, 0.25) is 0 Å². The first-order chi connectivity index (χ1) is 8.37. The Labute approximate surface area is 115 Å². The van der Waals surface area contributed by atoms with Crippen LogP contribution in [0.2, 0.25) is 0 Å². The Morgan fingerprint density at radius 3 is 2.61 bits per heavy atom. The van der Waals surface area contributed by atoms with Crippen molar-refractivity contribution in [2.75, 3.05) is 11.6 Å². The number of alkyl halides is 4. The van der Waals surface area contributed by atoms with Crippen molar-refractivity contribution in [3.05, 3.63) is 23.8 Å². The summed E-state index contributed by atoms with van der Waals surface area (Å²) in [5.41, 5.74) is 0.239. The van der Waals surface area contributed by atoms with Gasteiger partial charge in [0, 0.05) is 16.9 Å². The molecular weight excluding hydrogens is 333 g/mol. The molecule has 0 aliphatic carbocycles. The number of benzene rings is 1. The van der Waals surface area contributed by atoms with E-state index in [4.69, 9.17) is 0 Å². The summed E-state index contributed by atoms with van der Waals surface area (Å²) in [5.74, 6) is -0.493. The van der Waals surface area contributed by atoms with Crippen LogP contribution in [0.3, 0.4) is 0 Å². The topological polar surface area (TPSA) is 26.3 Å².